The maximum Gasteiger partial charge on any atom is 0.127 e. The molecule has 2 nitrogen and oxygen atoms in total. The molecule has 0 bridgehead atoms. The molecule has 0 saturated carbocycles. The van der Waals surface area contributed by atoms with Crippen LogP contribution in [-0.4, -0.2) is 12.0 Å². The van der Waals surface area contributed by atoms with Crippen LogP contribution in [0.15, 0.2) is 54.6 Å². The third kappa shape index (κ3) is 2.40. The van der Waals surface area contributed by atoms with Gasteiger partial charge in [0.1, 0.15) is 5.82 Å². The van der Waals surface area contributed by atoms with E-state index in [1.165, 1.54) is 6.07 Å². The maximum absolute atomic E-state index is 13.7. The van der Waals surface area contributed by atoms with Crippen molar-refractivity contribution in [2.45, 2.75) is 6.54 Å². The number of rotatable bonds is 3. The Balaban J connectivity index is 2.08. The molecule has 0 fully saturated rings. The van der Waals surface area contributed by atoms with E-state index in [2.05, 4.69) is 10.3 Å². The average molecular weight is 266 g/mol. The fourth-order valence-electron chi connectivity index (χ4n) is 2.29. The number of benzene rings is 2. The zero-order chi connectivity index (χ0) is 13.9. The van der Waals surface area contributed by atoms with Gasteiger partial charge in [0.25, 0.3) is 0 Å². The lowest BCUT2D eigenvalue weighted by atomic mass is 10.1. The Morgan fingerprint density at radius 3 is 2.75 bits per heavy atom. The van der Waals surface area contributed by atoms with Crippen LogP contribution in [0.25, 0.3) is 22.2 Å². The summed E-state index contributed by atoms with van der Waals surface area (Å²) in [7, 11) is 1.81. The van der Waals surface area contributed by atoms with Gasteiger partial charge in [0.2, 0.25) is 0 Å². The van der Waals surface area contributed by atoms with E-state index in [4.69, 9.17) is 0 Å². The fraction of sp³-hybridized carbons (Fsp3) is 0.118. The standard InChI is InChI=1S/C17H15FN2/c1-19-11-14-10-13(6-8-15(14)18)17-9-7-12-4-2-3-5-16(12)20-17/h2-10,19H,11H2,1H3. The van der Waals surface area contributed by atoms with Crippen molar-refractivity contribution in [3.05, 3.63) is 66.0 Å². The molecule has 3 heteroatoms. The van der Waals surface area contributed by atoms with Crippen molar-refractivity contribution in [1.29, 1.82) is 0 Å². The van der Waals surface area contributed by atoms with Crippen LogP contribution < -0.4 is 5.32 Å². The molecular formula is C17H15FN2. The lowest BCUT2D eigenvalue weighted by molar-refractivity contribution is 0.601. The lowest BCUT2D eigenvalue weighted by Gasteiger charge is -2.07. The van der Waals surface area contributed by atoms with E-state index >= 15 is 0 Å². The minimum Gasteiger partial charge on any atom is -0.316 e. The van der Waals surface area contributed by atoms with Gasteiger partial charge in [-0.1, -0.05) is 24.3 Å². The summed E-state index contributed by atoms with van der Waals surface area (Å²) in [5, 5.41) is 4.08. The molecule has 3 aromatic rings. The molecule has 0 unspecified atom stereocenters. The van der Waals surface area contributed by atoms with Gasteiger partial charge in [0.15, 0.2) is 0 Å². The number of aromatic nitrogens is 1. The van der Waals surface area contributed by atoms with Gasteiger partial charge in [-0.25, -0.2) is 9.37 Å². The first-order chi connectivity index (χ1) is 9.78. The first-order valence-electron chi connectivity index (χ1n) is 6.57. The van der Waals surface area contributed by atoms with Crippen molar-refractivity contribution in [3.8, 4) is 11.3 Å². The van der Waals surface area contributed by atoms with Crippen molar-refractivity contribution in [2.24, 2.45) is 0 Å². The minimum absolute atomic E-state index is 0.191. The number of pyridine rings is 1. The topological polar surface area (TPSA) is 24.9 Å². The summed E-state index contributed by atoms with van der Waals surface area (Å²) in [6, 6.07) is 17.1. The fourth-order valence-corrected chi connectivity index (χ4v) is 2.29. The summed E-state index contributed by atoms with van der Waals surface area (Å²) in [4.78, 5) is 4.63. The van der Waals surface area contributed by atoms with Gasteiger partial charge in [-0.3, -0.25) is 0 Å². The average Bonchev–Trinajstić information content (AvgIpc) is 2.49. The van der Waals surface area contributed by atoms with Gasteiger partial charge in [-0.05, 0) is 37.4 Å². The Morgan fingerprint density at radius 1 is 1.05 bits per heavy atom. The molecule has 1 heterocycles. The Morgan fingerprint density at radius 2 is 1.90 bits per heavy atom. The predicted octanol–water partition coefficient (Wildman–Crippen LogP) is 3.76. The largest absolute Gasteiger partial charge is 0.316 e. The highest BCUT2D eigenvalue weighted by Gasteiger charge is 2.06. The van der Waals surface area contributed by atoms with Crippen molar-refractivity contribution in [1.82, 2.24) is 10.3 Å². The van der Waals surface area contributed by atoms with Crippen molar-refractivity contribution in [2.75, 3.05) is 7.05 Å². The number of nitrogens with zero attached hydrogens (tertiary/aromatic N) is 1. The molecule has 1 N–H and O–H groups in total. The molecule has 20 heavy (non-hydrogen) atoms. The Hall–Kier alpha value is -2.26. The quantitative estimate of drug-likeness (QED) is 0.780. The van der Waals surface area contributed by atoms with Crippen LogP contribution in [0, 0.1) is 5.82 Å². The number of hydrogen-bond acceptors (Lipinski definition) is 2. The zero-order valence-electron chi connectivity index (χ0n) is 11.2. The lowest BCUT2D eigenvalue weighted by Crippen LogP contribution is -2.07. The SMILES string of the molecule is CNCc1cc(-c2ccc3ccccc3n2)ccc1F. The summed E-state index contributed by atoms with van der Waals surface area (Å²) in [6.07, 6.45) is 0. The minimum atomic E-state index is -0.191. The van der Waals surface area contributed by atoms with Crippen LogP contribution in [-0.2, 0) is 6.54 Å². The second-order valence-corrected chi connectivity index (χ2v) is 4.73. The maximum atomic E-state index is 13.7. The zero-order valence-corrected chi connectivity index (χ0v) is 11.2. The van der Waals surface area contributed by atoms with Crippen molar-refractivity contribution in [3.63, 3.8) is 0 Å². The van der Waals surface area contributed by atoms with Crippen LogP contribution in [0.5, 0.6) is 0 Å². The molecule has 0 aliphatic heterocycles. The number of fused-ring (bicyclic) bond motifs is 1. The molecule has 3 rings (SSSR count). The van der Waals surface area contributed by atoms with Crippen LogP contribution in [0.3, 0.4) is 0 Å². The molecular weight excluding hydrogens is 251 g/mol. The number of nitrogens with one attached hydrogen (secondary N) is 1. The van der Waals surface area contributed by atoms with E-state index in [1.807, 2.05) is 42.5 Å². The monoisotopic (exact) mass is 266 g/mol. The van der Waals surface area contributed by atoms with E-state index in [9.17, 15) is 4.39 Å². The molecule has 0 aliphatic carbocycles. The van der Waals surface area contributed by atoms with Crippen LogP contribution in [0.2, 0.25) is 0 Å². The highest BCUT2D eigenvalue weighted by atomic mass is 19.1. The van der Waals surface area contributed by atoms with Gasteiger partial charge < -0.3 is 5.32 Å². The van der Waals surface area contributed by atoms with Gasteiger partial charge in [0, 0.05) is 23.1 Å². The van der Waals surface area contributed by atoms with Gasteiger partial charge in [-0.2, -0.15) is 0 Å². The molecule has 0 amide bonds. The molecule has 0 saturated heterocycles. The molecule has 0 radical (unpaired) electrons. The number of hydrogen-bond donors (Lipinski definition) is 1. The summed E-state index contributed by atoms with van der Waals surface area (Å²) < 4.78 is 13.7. The number of halogens is 1. The third-order valence-electron chi connectivity index (χ3n) is 3.31. The smallest absolute Gasteiger partial charge is 0.127 e. The van der Waals surface area contributed by atoms with E-state index in [0.29, 0.717) is 12.1 Å². The second-order valence-electron chi connectivity index (χ2n) is 4.73. The van der Waals surface area contributed by atoms with E-state index in [0.717, 1.165) is 22.2 Å². The second kappa shape index (κ2) is 5.39. The predicted molar refractivity (Wildman–Crippen MR) is 79.9 cm³/mol. The van der Waals surface area contributed by atoms with Crippen LogP contribution >= 0.6 is 0 Å². The summed E-state index contributed by atoms with van der Waals surface area (Å²) in [6.45, 7) is 0.507. The highest BCUT2D eigenvalue weighted by Crippen LogP contribution is 2.23. The normalized spacial score (nSPS) is 10.9. The van der Waals surface area contributed by atoms with Gasteiger partial charge >= 0.3 is 0 Å². The highest BCUT2D eigenvalue weighted by molar-refractivity contribution is 5.81. The molecule has 1 aromatic heterocycles. The summed E-state index contributed by atoms with van der Waals surface area (Å²) in [5.74, 6) is -0.191. The first-order valence-corrected chi connectivity index (χ1v) is 6.57. The number of para-hydroxylation sites is 1. The molecule has 0 atom stereocenters. The van der Waals surface area contributed by atoms with Crippen molar-refractivity contribution < 1.29 is 4.39 Å². The Bertz CT molecular complexity index is 753. The first kappa shape index (κ1) is 12.8. The van der Waals surface area contributed by atoms with Crippen LogP contribution in [0.4, 0.5) is 4.39 Å². The van der Waals surface area contributed by atoms with E-state index in [1.54, 1.807) is 13.1 Å². The molecule has 0 spiro atoms. The summed E-state index contributed by atoms with van der Waals surface area (Å²) in [5.41, 5.74) is 3.40. The van der Waals surface area contributed by atoms with Gasteiger partial charge in [0.05, 0.1) is 11.2 Å². The van der Waals surface area contributed by atoms with E-state index < -0.39 is 0 Å². The molecule has 0 aliphatic rings. The Kier molecular flexibility index (Phi) is 3.44. The Labute approximate surface area is 117 Å². The summed E-state index contributed by atoms with van der Waals surface area (Å²) >= 11 is 0. The molecule has 100 valence electrons. The van der Waals surface area contributed by atoms with E-state index in [-0.39, 0.29) is 5.82 Å². The van der Waals surface area contributed by atoms with Crippen LogP contribution in [0.1, 0.15) is 5.56 Å². The molecule has 2 aromatic carbocycles. The third-order valence-corrected chi connectivity index (χ3v) is 3.31. The van der Waals surface area contributed by atoms with Crippen molar-refractivity contribution >= 4 is 10.9 Å². The van der Waals surface area contributed by atoms with Gasteiger partial charge in [-0.15, -0.1) is 0 Å².